The summed E-state index contributed by atoms with van der Waals surface area (Å²) in [5.41, 5.74) is 4.47. The Labute approximate surface area is 197 Å². The van der Waals surface area contributed by atoms with E-state index in [0.717, 1.165) is 17.7 Å². The molecular weight excluding hydrogens is 451 g/mol. The van der Waals surface area contributed by atoms with Crippen LogP contribution in [0.25, 0.3) is 0 Å². The Morgan fingerprint density at radius 1 is 0.871 bits per heavy atom. The van der Waals surface area contributed by atoms with Crippen molar-refractivity contribution >= 4 is 46.4 Å². The van der Waals surface area contributed by atoms with E-state index in [1.165, 1.54) is 11.1 Å². The number of carbonyl (C=O) groups excluding carboxylic acids is 1. The summed E-state index contributed by atoms with van der Waals surface area (Å²) in [6.07, 6.45) is 0.823. The molecule has 3 nitrogen and oxygen atoms in total. The number of nitrogens with zero attached hydrogens (tertiary/aromatic N) is 2. The monoisotopic (exact) mass is 470 g/mol. The number of rotatable bonds is 3. The van der Waals surface area contributed by atoms with E-state index in [2.05, 4.69) is 17.0 Å². The van der Waals surface area contributed by atoms with Crippen molar-refractivity contribution in [2.45, 2.75) is 18.4 Å². The van der Waals surface area contributed by atoms with Crippen LogP contribution in [0.1, 0.15) is 28.7 Å². The van der Waals surface area contributed by atoms with Crippen molar-refractivity contribution in [3.8, 4) is 0 Å². The molecule has 6 heteroatoms. The Kier molecular flexibility index (Phi) is 5.60. The number of carbonyl (C=O) groups is 1. The van der Waals surface area contributed by atoms with Crippen molar-refractivity contribution in [2.75, 3.05) is 24.5 Å². The van der Waals surface area contributed by atoms with Gasteiger partial charge in [0.2, 0.25) is 5.91 Å². The van der Waals surface area contributed by atoms with Crippen LogP contribution in [0.2, 0.25) is 15.1 Å². The van der Waals surface area contributed by atoms with E-state index >= 15 is 0 Å². The Morgan fingerprint density at radius 3 is 2.35 bits per heavy atom. The molecule has 0 N–H and O–H groups in total. The number of amides is 1. The number of piperazine rings is 1. The smallest absolute Gasteiger partial charge is 0.230 e. The highest BCUT2D eigenvalue weighted by molar-refractivity contribution is 6.36. The van der Waals surface area contributed by atoms with E-state index in [1.54, 1.807) is 6.07 Å². The third-order valence-corrected chi connectivity index (χ3v) is 7.11. The minimum atomic E-state index is -0.0345. The van der Waals surface area contributed by atoms with E-state index in [1.807, 2.05) is 53.4 Å². The average molecular weight is 472 g/mol. The molecule has 1 fully saturated rings. The van der Waals surface area contributed by atoms with E-state index in [-0.39, 0.29) is 17.9 Å². The molecule has 31 heavy (non-hydrogen) atoms. The zero-order valence-corrected chi connectivity index (χ0v) is 19.0. The summed E-state index contributed by atoms with van der Waals surface area (Å²) in [4.78, 5) is 17.6. The lowest BCUT2D eigenvalue weighted by atomic mass is 9.76. The van der Waals surface area contributed by atoms with Crippen LogP contribution in [-0.4, -0.2) is 30.4 Å². The molecule has 0 spiro atoms. The van der Waals surface area contributed by atoms with Crippen molar-refractivity contribution < 1.29 is 4.79 Å². The third-order valence-electron chi connectivity index (χ3n) is 6.32. The molecule has 0 aromatic heterocycles. The van der Waals surface area contributed by atoms with Gasteiger partial charge < -0.3 is 9.80 Å². The lowest BCUT2D eigenvalue weighted by Gasteiger charge is -2.45. The largest absolute Gasteiger partial charge is 0.360 e. The van der Waals surface area contributed by atoms with Gasteiger partial charge in [0, 0.05) is 29.7 Å². The van der Waals surface area contributed by atoms with Crippen molar-refractivity contribution in [3.05, 3.63) is 98.5 Å². The first-order chi connectivity index (χ1) is 15.0. The first-order valence-corrected chi connectivity index (χ1v) is 11.5. The molecule has 2 unspecified atom stereocenters. The van der Waals surface area contributed by atoms with Gasteiger partial charge >= 0.3 is 0 Å². The zero-order chi connectivity index (χ0) is 21.5. The summed E-state index contributed by atoms with van der Waals surface area (Å²) in [6.45, 7) is 1.94. The van der Waals surface area contributed by atoms with Crippen molar-refractivity contribution in [1.29, 1.82) is 0 Å². The van der Waals surface area contributed by atoms with E-state index in [4.69, 9.17) is 34.8 Å². The first kappa shape index (κ1) is 20.7. The molecule has 1 heterocycles. The van der Waals surface area contributed by atoms with Crippen molar-refractivity contribution in [1.82, 2.24) is 4.90 Å². The number of hydrogen-bond acceptors (Lipinski definition) is 2. The molecule has 1 aliphatic carbocycles. The molecule has 0 bridgehead atoms. The van der Waals surface area contributed by atoms with Crippen LogP contribution in [0.5, 0.6) is 0 Å². The third kappa shape index (κ3) is 3.91. The van der Waals surface area contributed by atoms with Gasteiger partial charge in [0.15, 0.2) is 0 Å². The maximum Gasteiger partial charge on any atom is 0.230 e. The maximum atomic E-state index is 13.4. The van der Waals surface area contributed by atoms with Crippen LogP contribution in [0.4, 0.5) is 5.69 Å². The summed E-state index contributed by atoms with van der Waals surface area (Å²) >= 11 is 18.8. The van der Waals surface area contributed by atoms with Gasteiger partial charge in [-0.3, -0.25) is 4.79 Å². The molecule has 1 amide bonds. The predicted octanol–water partition coefficient (Wildman–Crippen LogP) is 6.38. The first-order valence-electron chi connectivity index (χ1n) is 10.3. The number of halogens is 3. The van der Waals surface area contributed by atoms with Gasteiger partial charge in [-0.15, -0.1) is 0 Å². The highest BCUT2D eigenvalue weighted by Gasteiger charge is 2.38. The fourth-order valence-electron chi connectivity index (χ4n) is 4.66. The van der Waals surface area contributed by atoms with Gasteiger partial charge in [0.25, 0.3) is 0 Å². The molecule has 3 aromatic carbocycles. The summed E-state index contributed by atoms with van der Waals surface area (Å²) < 4.78 is 0. The topological polar surface area (TPSA) is 23.6 Å². The normalized spacial score (nSPS) is 20.2. The van der Waals surface area contributed by atoms with Gasteiger partial charge in [0.1, 0.15) is 0 Å². The summed E-state index contributed by atoms with van der Waals surface area (Å²) in [7, 11) is 0. The van der Waals surface area contributed by atoms with Crippen molar-refractivity contribution in [2.24, 2.45) is 0 Å². The highest BCUT2D eigenvalue weighted by atomic mass is 35.5. The number of anilines is 1. The molecule has 5 rings (SSSR count). The van der Waals surface area contributed by atoms with Crippen LogP contribution in [0.15, 0.2) is 66.7 Å². The standard InChI is InChI=1S/C25H21Cl3N2O/c26-18-7-5-16(6-8-18)24-15-29(25(31)21-13-17-3-1-2-4-20(17)21)11-12-30(24)23-10-9-19(27)14-22(23)28/h1-10,14,21,24H,11-13,15H2. The van der Waals surface area contributed by atoms with E-state index < -0.39 is 0 Å². The number of fused-ring (bicyclic) bond motifs is 1. The zero-order valence-electron chi connectivity index (χ0n) is 16.8. The fourth-order valence-corrected chi connectivity index (χ4v) is 5.30. The number of hydrogen-bond donors (Lipinski definition) is 0. The van der Waals surface area contributed by atoms with Crippen LogP contribution >= 0.6 is 34.8 Å². The Bertz CT molecular complexity index is 1130. The molecule has 3 aromatic rings. The minimum Gasteiger partial charge on any atom is -0.360 e. The molecule has 1 saturated heterocycles. The Hall–Kier alpha value is -2.20. The second-order valence-corrected chi connectivity index (χ2v) is 9.38. The highest BCUT2D eigenvalue weighted by Crippen LogP contribution is 2.40. The quantitative estimate of drug-likeness (QED) is 0.443. The summed E-state index contributed by atoms with van der Waals surface area (Å²) in [5, 5.41) is 1.91. The van der Waals surface area contributed by atoms with E-state index in [9.17, 15) is 4.79 Å². The molecule has 2 atom stereocenters. The molecule has 0 radical (unpaired) electrons. The predicted molar refractivity (Wildman–Crippen MR) is 127 cm³/mol. The second kappa shape index (κ2) is 8.38. The fraction of sp³-hybridized carbons (Fsp3) is 0.240. The Morgan fingerprint density at radius 2 is 1.61 bits per heavy atom. The lowest BCUT2D eigenvalue weighted by Crippen LogP contribution is -2.52. The lowest BCUT2D eigenvalue weighted by molar-refractivity contribution is -0.134. The molecule has 2 aliphatic rings. The van der Waals surface area contributed by atoms with Gasteiger partial charge in [-0.2, -0.15) is 0 Å². The maximum absolute atomic E-state index is 13.4. The molecular formula is C25H21Cl3N2O. The molecule has 158 valence electrons. The van der Waals surface area contributed by atoms with Gasteiger partial charge in [0.05, 0.1) is 22.7 Å². The van der Waals surface area contributed by atoms with Crippen LogP contribution in [-0.2, 0) is 11.2 Å². The number of benzene rings is 3. The Balaban J connectivity index is 1.44. The van der Waals surface area contributed by atoms with Gasteiger partial charge in [-0.1, -0.05) is 71.2 Å². The summed E-state index contributed by atoms with van der Waals surface area (Å²) in [6, 6.07) is 21.6. The van der Waals surface area contributed by atoms with Crippen LogP contribution in [0, 0.1) is 0 Å². The second-order valence-electron chi connectivity index (χ2n) is 8.10. The van der Waals surface area contributed by atoms with Crippen LogP contribution in [0.3, 0.4) is 0 Å². The average Bonchev–Trinajstić information content (AvgIpc) is 2.75. The summed E-state index contributed by atoms with van der Waals surface area (Å²) in [5.74, 6) is 0.173. The van der Waals surface area contributed by atoms with E-state index in [0.29, 0.717) is 34.7 Å². The van der Waals surface area contributed by atoms with Crippen molar-refractivity contribution in [3.63, 3.8) is 0 Å². The van der Waals surface area contributed by atoms with Gasteiger partial charge in [-0.05, 0) is 53.4 Å². The SMILES string of the molecule is O=C(C1Cc2ccccc21)N1CCN(c2ccc(Cl)cc2Cl)C(c2ccc(Cl)cc2)C1. The molecule has 1 aliphatic heterocycles. The van der Waals surface area contributed by atoms with Gasteiger partial charge in [-0.25, -0.2) is 0 Å². The molecule has 0 saturated carbocycles. The van der Waals surface area contributed by atoms with Crippen LogP contribution < -0.4 is 4.90 Å². The minimum absolute atomic E-state index is 0.0241.